The molecule has 0 radical (unpaired) electrons. The van der Waals surface area contributed by atoms with E-state index in [1.807, 2.05) is 6.07 Å². The number of nitriles is 1. The molecule has 3 aliphatic rings. The Morgan fingerprint density at radius 2 is 2.14 bits per heavy atom. The molecule has 1 aromatic carbocycles. The first-order chi connectivity index (χ1) is 13.5. The average Bonchev–Trinajstić information content (AvgIpc) is 3.33. The Bertz CT molecular complexity index is 771. The molecule has 2 aliphatic heterocycles. The molecule has 1 saturated carbocycles. The van der Waals surface area contributed by atoms with Crippen LogP contribution in [0.15, 0.2) is 18.2 Å². The summed E-state index contributed by atoms with van der Waals surface area (Å²) < 4.78 is 14.4. The van der Waals surface area contributed by atoms with Crippen molar-refractivity contribution in [2.75, 3.05) is 38.1 Å². The van der Waals surface area contributed by atoms with E-state index in [2.05, 4.69) is 33.6 Å². The minimum Gasteiger partial charge on any atom is -0.369 e. The summed E-state index contributed by atoms with van der Waals surface area (Å²) in [7, 11) is 2.10. The molecule has 2 bridgehead atoms. The van der Waals surface area contributed by atoms with Crippen molar-refractivity contribution in [3.05, 3.63) is 29.6 Å². The van der Waals surface area contributed by atoms with Gasteiger partial charge in [0.05, 0.1) is 12.1 Å². The molecule has 2 heterocycles. The number of rotatable bonds is 5. The highest BCUT2D eigenvalue weighted by molar-refractivity contribution is 5.83. The molecular weight excluding hydrogens is 357 g/mol. The zero-order chi connectivity index (χ0) is 19.7. The molecule has 7 heteroatoms. The maximum atomic E-state index is 14.4. The van der Waals surface area contributed by atoms with Crippen LogP contribution in [0.4, 0.5) is 10.1 Å². The van der Waals surface area contributed by atoms with Gasteiger partial charge >= 0.3 is 0 Å². The maximum Gasteiger partial charge on any atom is 0.238 e. The molecule has 3 fully saturated rings. The van der Waals surface area contributed by atoms with Crippen molar-refractivity contribution < 1.29 is 9.18 Å². The first kappa shape index (κ1) is 19.2. The van der Waals surface area contributed by atoms with Crippen LogP contribution in [0.5, 0.6) is 0 Å². The van der Waals surface area contributed by atoms with E-state index < -0.39 is 6.04 Å². The number of nitrogens with zero attached hydrogens (tertiary/aromatic N) is 3. The van der Waals surface area contributed by atoms with E-state index in [0.29, 0.717) is 17.5 Å². The lowest BCUT2D eigenvalue weighted by Crippen LogP contribution is -2.50. The number of piperazine rings is 1. The number of carbonyl (C=O) groups is 1. The fraction of sp³-hybridized carbons (Fsp3) is 0.619. The summed E-state index contributed by atoms with van der Waals surface area (Å²) in [5, 5.41) is 15.7. The summed E-state index contributed by atoms with van der Waals surface area (Å²) in [5.41, 5.74) is 1.45. The van der Waals surface area contributed by atoms with Crippen molar-refractivity contribution in [2.24, 2.45) is 5.92 Å². The number of anilines is 1. The average molecular weight is 385 g/mol. The van der Waals surface area contributed by atoms with Gasteiger partial charge in [0.1, 0.15) is 11.9 Å². The lowest BCUT2D eigenvalue weighted by atomic mass is 9.98. The molecule has 1 amide bonds. The highest BCUT2D eigenvalue weighted by atomic mass is 19.1. The lowest BCUT2D eigenvalue weighted by Gasteiger charge is -2.34. The number of hydrogen-bond acceptors (Lipinski definition) is 5. The predicted octanol–water partition coefficient (Wildman–Crippen LogP) is 1.27. The van der Waals surface area contributed by atoms with Crippen LogP contribution in [0.3, 0.4) is 0 Å². The monoisotopic (exact) mass is 385 g/mol. The summed E-state index contributed by atoms with van der Waals surface area (Å²) in [4.78, 5) is 17.1. The zero-order valence-electron chi connectivity index (χ0n) is 16.3. The Morgan fingerprint density at radius 1 is 1.36 bits per heavy atom. The molecule has 4 atom stereocenters. The largest absolute Gasteiger partial charge is 0.369 e. The Morgan fingerprint density at radius 3 is 2.79 bits per heavy atom. The molecule has 2 saturated heterocycles. The van der Waals surface area contributed by atoms with Crippen molar-refractivity contribution in [1.29, 1.82) is 5.26 Å². The van der Waals surface area contributed by atoms with Crippen molar-refractivity contribution in [1.82, 2.24) is 15.5 Å². The number of likely N-dealkylation sites (N-methyl/N-ethyl adjacent to an activating group) is 1. The molecular formula is C21H28FN5O. The first-order valence-electron chi connectivity index (χ1n) is 10.2. The summed E-state index contributed by atoms with van der Waals surface area (Å²) in [6.45, 7) is 3.74. The normalized spacial score (nSPS) is 28.2. The molecule has 4 rings (SSSR count). The number of benzene rings is 1. The highest BCUT2D eigenvalue weighted by Crippen LogP contribution is 2.35. The molecule has 1 aromatic rings. The second-order valence-corrected chi connectivity index (χ2v) is 8.37. The number of halogens is 1. The maximum absolute atomic E-state index is 14.4. The Balaban J connectivity index is 1.41. The minimum absolute atomic E-state index is 0.130. The van der Waals surface area contributed by atoms with Crippen LogP contribution in [0, 0.1) is 23.1 Å². The molecule has 150 valence electrons. The fourth-order valence-electron chi connectivity index (χ4n) is 4.74. The van der Waals surface area contributed by atoms with Crippen LogP contribution < -0.4 is 15.5 Å². The van der Waals surface area contributed by atoms with E-state index in [0.717, 1.165) is 51.1 Å². The fourth-order valence-corrected chi connectivity index (χ4v) is 4.74. The second-order valence-electron chi connectivity index (χ2n) is 8.37. The lowest BCUT2D eigenvalue weighted by molar-refractivity contribution is -0.124. The van der Waals surface area contributed by atoms with Gasteiger partial charge in [-0.15, -0.1) is 0 Å². The molecule has 0 aromatic heterocycles. The summed E-state index contributed by atoms with van der Waals surface area (Å²) in [6, 6.07) is 6.71. The molecule has 28 heavy (non-hydrogen) atoms. The first-order valence-corrected chi connectivity index (χ1v) is 10.2. The van der Waals surface area contributed by atoms with Gasteiger partial charge in [-0.25, -0.2) is 4.39 Å². The summed E-state index contributed by atoms with van der Waals surface area (Å²) in [6.07, 6.45) is 3.41. The van der Waals surface area contributed by atoms with Crippen LogP contribution in [0.1, 0.15) is 24.8 Å². The van der Waals surface area contributed by atoms with Crippen molar-refractivity contribution in [2.45, 2.75) is 43.8 Å². The topological polar surface area (TPSA) is 71.4 Å². The Kier molecular flexibility index (Phi) is 5.51. The Hall–Kier alpha value is -2.17. The van der Waals surface area contributed by atoms with Gasteiger partial charge in [-0.1, -0.05) is 0 Å². The van der Waals surface area contributed by atoms with E-state index in [1.54, 1.807) is 6.07 Å². The standard InChI is InChI=1S/C21H28FN5O/c1-26-6-8-27(9-7-26)18-4-5-19(22)15(12-18)11-17(13-23)25-21(28)20-14-2-3-16(10-14)24-20/h4-5,12,14,16-17,20,24H,2-3,6-11H2,1H3,(H,25,28). The van der Waals surface area contributed by atoms with E-state index in [4.69, 9.17) is 0 Å². The number of amides is 1. The SMILES string of the molecule is CN1CCN(c2ccc(F)c(CC(C#N)NC(=O)C3NC4CCC3C4)c2)CC1. The van der Waals surface area contributed by atoms with E-state index in [1.165, 1.54) is 6.07 Å². The second kappa shape index (κ2) is 8.06. The van der Waals surface area contributed by atoms with Crippen molar-refractivity contribution in [3.8, 4) is 6.07 Å². The van der Waals surface area contributed by atoms with Gasteiger partial charge in [0.2, 0.25) is 5.91 Å². The van der Waals surface area contributed by atoms with Gasteiger partial charge in [-0.3, -0.25) is 4.79 Å². The van der Waals surface area contributed by atoms with Gasteiger partial charge < -0.3 is 20.4 Å². The molecule has 2 N–H and O–H groups in total. The molecule has 1 aliphatic carbocycles. The quantitative estimate of drug-likeness (QED) is 0.799. The van der Waals surface area contributed by atoms with Crippen LogP contribution >= 0.6 is 0 Å². The predicted molar refractivity (Wildman–Crippen MR) is 105 cm³/mol. The van der Waals surface area contributed by atoms with Crippen molar-refractivity contribution in [3.63, 3.8) is 0 Å². The number of hydrogen-bond donors (Lipinski definition) is 2. The smallest absolute Gasteiger partial charge is 0.238 e. The molecule has 6 nitrogen and oxygen atoms in total. The summed E-state index contributed by atoms with van der Waals surface area (Å²) in [5.74, 6) is -0.0959. The number of fused-ring (bicyclic) bond motifs is 2. The van der Waals surface area contributed by atoms with E-state index >= 15 is 0 Å². The number of piperidine rings is 1. The van der Waals surface area contributed by atoms with Crippen LogP contribution in [-0.4, -0.2) is 62.2 Å². The summed E-state index contributed by atoms with van der Waals surface area (Å²) >= 11 is 0. The zero-order valence-corrected chi connectivity index (χ0v) is 16.3. The Labute approximate surface area is 165 Å². The van der Waals surface area contributed by atoms with Crippen LogP contribution in [-0.2, 0) is 11.2 Å². The van der Waals surface area contributed by atoms with Gasteiger partial charge in [0, 0.05) is 44.3 Å². The third kappa shape index (κ3) is 3.98. The minimum atomic E-state index is -0.731. The molecule has 0 spiro atoms. The van der Waals surface area contributed by atoms with Gasteiger partial charge in [-0.2, -0.15) is 5.26 Å². The van der Waals surface area contributed by atoms with E-state index in [-0.39, 0.29) is 24.2 Å². The van der Waals surface area contributed by atoms with Gasteiger partial charge in [-0.05, 0) is 56.0 Å². The number of carbonyl (C=O) groups excluding carboxylic acids is 1. The van der Waals surface area contributed by atoms with Gasteiger partial charge in [0.15, 0.2) is 0 Å². The number of nitrogens with one attached hydrogen (secondary N) is 2. The highest BCUT2D eigenvalue weighted by Gasteiger charge is 2.43. The third-order valence-corrected chi connectivity index (χ3v) is 6.44. The van der Waals surface area contributed by atoms with Crippen LogP contribution in [0.25, 0.3) is 0 Å². The van der Waals surface area contributed by atoms with Gasteiger partial charge in [0.25, 0.3) is 0 Å². The van der Waals surface area contributed by atoms with E-state index in [9.17, 15) is 14.4 Å². The van der Waals surface area contributed by atoms with Crippen LogP contribution in [0.2, 0.25) is 0 Å². The van der Waals surface area contributed by atoms with Crippen molar-refractivity contribution >= 4 is 11.6 Å². The third-order valence-electron chi connectivity index (χ3n) is 6.44. The molecule has 4 unspecified atom stereocenters.